The summed E-state index contributed by atoms with van der Waals surface area (Å²) in [4.78, 5) is 27.0. The van der Waals surface area contributed by atoms with Crippen LogP contribution in [0.25, 0.3) is 5.53 Å². The van der Waals surface area contributed by atoms with Crippen LogP contribution in [-0.2, 0) is 18.8 Å². The van der Waals surface area contributed by atoms with E-state index >= 15 is 0 Å². The fraction of sp³-hybridized carbons (Fsp3) is 0.526. The number of nitrogens with zero attached hydrogens (tertiary/aromatic N) is 2. The van der Waals surface area contributed by atoms with Crippen molar-refractivity contribution in [3.63, 3.8) is 0 Å². The van der Waals surface area contributed by atoms with Crippen molar-refractivity contribution in [2.24, 2.45) is 0 Å². The van der Waals surface area contributed by atoms with E-state index in [-0.39, 0.29) is 11.5 Å². The molecule has 0 aromatic heterocycles. The van der Waals surface area contributed by atoms with Gasteiger partial charge in [0.15, 0.2) is 8.32 Å². The number of ether oxygens (including phenoxy) is 2. The molecule has 1 atom stereocenters. The summed E-state index contributed by atoms with van der Waals surface area (Å²) in [5.74, 6) is -0.949. The average Bonchev–Trinajstić information content (AvgIpc) is 2.60. The summed E-state index contributed by atoms with van der Waals surface area (Å²) in [5.41, 5.74) is 9.16. The summed E-state index contributed by atoms with van der Waals surface area (Å²) in [5, 5.41) is -0.0724. The van der Waals surface area contributed by atoms with Crippen LogP contribution in [0, 0.1) is 0 Å². The van der Waals surface area contributed by atoms with Gasteiger partial charge in [-0.1, -0.05) is 32.9 Å². The zero-order valence-electron chi connectivity index (χ0n) is 17.0. The third-order valence-electron chi connectivity index (χ3n) is 4.84. The molecule has 1 unspecified atom stereocenters. The van der Waals surface area contributed by atoms with Gasteiger partial charge < -0.3 is 19.4 Å². The molecule has 148 valence electrons. The van der Waals surface area contributed by atoms with Crippen molar-refractivity contribution in [2.45, 2.75) is 51.4 Å². The van der Waals surface area contributed by atoms with Gasteiger partial charge in [0.1, 0.15) is 5.75 Å². The predicted octanol–water partition coefficient (Wildman–Crippen LogP) is 3.56. The van der Waals surface area contributed by atoms with E-state index < -0.39 is 31.9 Å². The Morgan fingerprint density at radius 1 is 1.15 bits per heavy atom. The molecule has 0 amide bonds. The molecule has 0 fully saturated rings. The monoisotopic (exact) mass is 392 g/mol. The Bertz CT molecular complexity index is 731. The number of carbonyl (C=O) groups is 2. The Balaban J connectivity index is 3.23. The van der Waals surface area contributed by atoms with Crippen LogP contribution in [0.1, 0.15) is 38.9 Å². The van der Waals surface area contributed by atoms with Crippen LogP contribution in [0.15, 0.2) is 24.3 Å². The van der Waals surface area contributed by atoms with E-state index in [2.05, 4.69) is 43.4 Å². The lowest BCUT2D eigenvalue weighted by Gasteiger charge is -2.39. The molecular weight excluding hydrogens is 364 g/mol. The Morgan fingerprint density at radius 2 is 1.70 bits per heavy atom. The Morgan fingerprint density at radius 3 is 2.11 bits per heavy atom. The summed E-state index contributed by atoms with van der Waals surface area (Å²) >= 11 is 0. The third kappa shape index (κ3) is 5.85. The zero-order valence-corrected chi connectivity index (χ0v) is 18.0. The first-order valence-electron chi connectivity index (χ1n) is 8.62. The second-order valence-electron chi connectivity index (χ2n) is 7.71. The van der Waals surface area contributed by atoms with Crippen molar-refractivity contribution in [2.75, 3.05) is 14.2 Å². The molecule has 0 radical (unpaired) electrons. The number of ketones is 1. The van der Waals surface area contributed by atoms with Crippen molar-refractivity contribution in [3.05, 3.63) is 35.4 Å². The first-order chi connectivity index (χ1) is 12.5. The molecule has 7 nitrogen and oxygen atoms in total. The maximum atomic E-state index is 12.5. The summed E-state index contributed by atoms with van der Waals surface area (Å²) in [6.07, 6.45) is -0.737. The maximum absolute atomic E-state index is 12.5. The van der Waals surface area contributed by atoms with Gasteiger partial charge in [-0.25, -0.2) is 4.79 Å². The van der Waals surface area contributed by atoms with Gasteiger partial charge in [0.25, 0.3) is 5.78 Å². The van der Waals surface area contributed by atoms with E-state index in [9.17, 15) is 9.59 Å². The largest absolute Gasteiger partial charge is 0.497 e. The quantitative estimate of drug-likeness (QED) is 0.168. The Hall–Kier alpha value is -2.28. The van der Waals surface area contributed by atoms with Gasteiger partial charge in [0.2, 0.25) is 0 Å². The van der Waals surface area contributed by atoms with Gasteiger partial charge in [0.05, 0.1) is 20.3 Å². The number of hydrogen-bond acceptors (Lipinski definition) is 5. The molecular formula is C19H28N2O5Si. The first kappa shape index (κ1) is 22.8. The molecule has 0 saturated heterocycles. The SMILES string of the molecule is COC(=O)C(=[N+]=[N-])C(=O)CC(O[Si](C)(C)C(C)(C)C)c1ccc(OC)cc1. The van der Waals surface area contributed by atoms with Gasteiger partial charge in [-0.15, -0.1) is 0 Å². The molecule has 8 heteroatoms. The molecule has 1 aromatic carbocycles. The number of methoxy groups -OCH3 is 2. The number of esters is 1. The van der Waals surface area contributed by atoms with Crippen LogP contribution in [0.2, 0.25) is 18.1 Å². The third-order valence-corrected chi connectivity index (χ3v) is 9.33. The molecule has 0 saturated carbocycles. The van der Waals surface area contributed by atoms with Gasteiger partial charge in [-0.2, -0.15) is 4.79 Å². The standard InChI is InChI=1S/C19H28N2O5Si/c1-19(2,3)27(6,7)26-16(13-8-10-14(24-4)11-9-13)12-15(22)17(21-20)18(23)25-5/h8-11,16H,12H2,1-7H3. The highest BCUT2D eigenvalue weighted by molar-refractivity contribution is 6.74. The lowest BCUT2D eigenvalue weighted by Crippen LogP contribution is -2.42. The molecule has 1 aromatic rings. The maximum Gasteiger partial charge on any atom is 0.441 e. The van der Waals surface area contributed by atoms with Crippen LogP contribution in [-0.4, -0.2) is 44.8 Å². The van der Waals surface area contributed by atoms with Crippen LogP contribution in [0.5, 0.6) is 5.75 Å². The molecule has 0 aliphatic heterocycles. The molecule has 0 bridgehead atoms. The summed E-state index contributed by atoms with van der Waals surface area (Å²) in [7, 11) is 0.469. The topological polar surface area (TPSA) is 98.2 Å². The predicted molar refractivity (Wildman–Crippen MR) is 104 cm³/mol. The van der Waals surface area contributed by atoms with Crippen molar-refractivity contribution in [1.29, 1.82) is 0 Å². The second kappa shape index (κ2) is 9.08. The van der Waals surface area contributed by atoms with E-state index in [1.54, 1.807) is 19.2 Å². The fourth-order valence-electron chi connectivity index (χ4n) is 2.15. The van der Waals surface area contributed by atoms with Gasteiger partial charge in [0, 0.05) is 6.42 Å². The normalized spacial score (nSPS) is 12.7. The number of hydrogen-bond donors (Lipinski definition) is 0. The molecule has 1 rings (SSSR count). The highest BCUT2D eigenvalue weighted by atomic mass is 28.4. The molecule has 0 N–H and O–H groups in total. The summed E-state index contributed by atoms with van der Waals surface area (Å²) < 4.78 is 16.1. The lowest BCUT2D eigenvalue weighted by atomic mass is 10.0. The van der Waals surface area contributed by atoms with E-state index in [1.807, 2.05) is 12.1 Å². The highest BCUT2D eigenvalue weighted by Gasteiger charge is 2.41. The Labute approximate surface area is 161 Å². The minimum atomic E-state index is -2.22. The summed E-state index contributed by atoms with van der Waals surface area (Å²) in [6, 6.07) is 7.20. The van der Waals surface area contributed by atoms with E-state index in [4.69, 9.17) is 14.7 Å². The average molecular weight is 393 g/mol. The highest BCUT2D eigenvalue weighted by Crippen LogP contribution is 2.40. The van der Waals surface area contributed by atoms with Crippen molar-refractivity contribution >= 4 is 25.8 Å². The van der Waals surface area contributed by atoms with Gasteiger partial charge in [-0.3, -0.25) is 4.79 Å². The van der Waals surface area contributed by atoms with Crippen LogP contribution in [0.4, 0.5) is 0 Å². The van der Waals surface area contributed by atoms with Crippen LogP contribution in [0.3, 0.4) is 0 Å². The number of benzene rings is 1. The van der Waals surface area contributed by atoms with Crippen LogP contribution < -0.4 is 4.74 Å². The molecule has 27 heavy (non-hydrogen) atoms. The molecule has 0 aliphatic rings. The van der Waals surface area contributed by atoms with Crippen molar-refractivity contribution in [1.82, 2.24) is 0 Å². The van der Waals surface area contributed by atoms with E-state index in [0.29, 0.717) is 5.75 Å². The lowest BCUT2D eigenvalue weighted by molar-refractivity contribution is -0.139. The van der Waals surface area contributed by atoms with Crippen molar-refractivity contribution in [3.8, 4) is 5.75 Å². The van der Waals surface area contributed by atoms with Crippen molar-refractivity contribution < 1.29 is 28.3 Å². The van der Waals surface area contributed by atoms with Gasteiger partial charge >= 0.3 is 11.7 Å². The second-order valence-corrected chi connectivity index (χ2v) is 12.5. The number of carbonyl (C=O) groups excluding carboxylic acids is 2. The molecule has 0 heterocycles. The number of rotatable bonds is 8. The Kier molecular flexibility index (Phi) is 7.65. The van der Waals surface area contributed by atoms with Gasteiger partial charge in [-0.05, 0) is 35.8 Å². The summed E-state index contributed by atoms with van der Waals surface area (Å²) in [6.45, 7) is 10.5. The van der Waals surface area contributed by atoms with Crippen LogP contribution >= 0.6 is 0 Å². The first-order valence-corrected chi connectivity index (χ1v) is 11.5. The minimum absolute atomic E-state index is 0.0724. The van der Waals surface area contributed by atoms with E-state index in [1.165, 1.54) is 0 Å². The number of Topliss-reactive ketones (excluding diaryl/α,β-unsaturated/α-hetero) is 1. The fourth-order valence-corrected chi connectivity index (χ4v) is 3.43. The minimum Gasteiger partial charge on any atom is -0.497 e. The zero-order chi connectivity index (χ0) is 20.8. The molecule has 0 spiro atoms. The molecule has 0 aliphatic carbocycles. The smallest absolute Gasteiger partial charge is 0.441 e. The van der Waals surface area contributed by atoms with E-state index in [0.717, 1.165) is 12.7 Å².